The average Bonchev–Trinajstić information content (AvgIpc) is 2.88. The molecule has 0 radical (unpaired) electrons. The highest BCUT2D eigenvalue weighted by Gasteiger charge is 2.55. The van der Waals surface area contributed by atoms with Crippen LogP contribution in [0.15, 0.2) is 23.8 Å². The van der Waals surface area contributed by atoms with Crippen LogP contribution in [0.1, 0.15) is 144 Å². The summed E-state index contributed by atoms with van der Waals surface area (Å²) in [6, 6.07) is 2.48. The van der Waals surface area contributed by atoms with Crippen molar-refractivity contribution in [2.24, 2.45) is 5.41 Å². The summed E-state index contributed by atoms with van der Waals surface area (Å²) >= 11 is 2.23. The fraction of sp³-hybridized carbons (Fsp3) is 0.688. The number of aromatic hydroxyl groups is 2. The molecule has 0 aromatic heterocycles. The molecule has 0 heterocycles. The van der Waals surface area contributed by atoms with Crippen LogP contribution in [0.4, 0.5) is 0 Å². The van der Waals surface area contributed by atoms with Crippen molar-refractivity contribution in [3.63, 3.8) is 0 Å². The van der Waals surface area contributed by atoms with Gasteiger partial charge in [-0.3, -0.25) is 9.59 Å². The van der Waals surface area contributed by atoms with Crippen molar-refractivity contribution in [3.05, 3.63) is 34.9 Å². The molecule has 0 saturated heterocycles. The first-order chi connectivity index (χ1) is 18.2. The second-order valence-corrected chi connectivity index (χ2v) is 12.9. The van der Waals surface area contributed by atoms with Crippen LogP contribution in [0.25, 0.3) is 0 Å². The van der Waals surface area contributed by atoms with E-state index in [-0.39, 0.29) is 39.4 Å². The van der Waals surface area contributed by atoms with Crippen molar-refractivity contribution in [3.8, 4) is 11.5 Å². The average molecular weight is 641 g/mol. The Kier molecular flexibility index (Phi) is 14.4. The minimum Gasteiger partial charge on any atom is -0.507 e. The number of halogens is 1. The maximum Gasteiger partial charge on any atom is 0.177 e. The molecule has 38 heavy (non-hydrogen) atoms. The zero-order valence-corrected chi connectivity index (χ0v) is 25.9. The van der Waals surface area contributed by atoms with Crippen molar-refractivity contribution >= 4 is 34.2 Å². The summed E-state index contributed by atoms with van der Waals surface area (Å²) < 4.78 is -0.278. The fourth-order valence-electron chi connectivity index (χ4n) is 5.65. The molecule has 0 aliphatic heterocycles. The number of carbonyl (C=O) groups excluding carboxylic acids is 2. The summed E-state index contributed by atoms with van der Waals surface area (Å²) in [6.07, 6.45) is 18.0. The van der Waals surface area contributed by atoms with Gasteiger partial charge in [0.25, 0.3) is 0 Å². The van der Waals surface area contributed by atoms with E-state index in [2.05, 4.69) is 29.5 Å². The normalized spacial score (nSPS) is 18.8. The summed E-state index contributed by atoms with van der Waals surface area (Å²) in [7, 11) is 0. The van der Waals surface area contributed by atoms with Gasteiger partial charge in [0.2, 0.25) is 0 Å². The molecule has 3 N–H and O–H groups in total. The van der Waals surface area contributed by atoms with Crippen molar-refractivity contribution in [1.82, 2.24) is 0 Å². The highest BCUT2D eigenvalue weighted by molar-refractivity contribution is 14.1. The summed E-state index contributed by atoms with van der Waals surface area (Å²) in [4.78, 5) is 27.1. The standard InChI is InChI=1S/C32H49IO5/c1-4-5-6-7-8-9-10-11-12-13-14-15-16-17-27(33)32(28(37)21-18-23(2)3)22-26(36)29-24(34)19-20-25(35)30(29)31(32)38/h18-20,27-28,34-35,37H,4-17,21-22H2,1-3H3/t27?,28-,32?/m1/s1. The molecular formula is C32H49IO5. The van der Waals surface area contributed by atoms with Crippen LogP contribution < -0.4 is 0 Å². The number of unbranched alkanes of at least 4 members (excludes halogenated alkanes) is 12. The number of aliphatic hydroxyl groups is 1. The first-order valence-corrected chi connectivity index (χ1v) is 16.0. The number of rotatable bonds is 18. The van der Waals surface area contributed by atoms with Gasteiger partial charge >= 0.3 is 0 Å². The van der Waals surface area contributed by atoms with E-state index < -0.39 is 23.1 Å². The van der Waals surface area contributed by atoms with Crippen LogP contribution in [-0.4, -0.2) is 36.9 Å². The number of alkyl halides is 1. The number of ketones is 2. The SMILES string of the molecule is CCCCCCCCCCCCCCCC(I)C1([C@H](O)CC=C(C)C)CC(=O)c2c(O)ccc(O)c2C1=O. The van der Waals surface area contributed by atoms with E-state index in [0.29, 0.717) is 6.42 Å². The van der Waals surface area contributed by atoms with E-state index in [0.717, 1.165) is 24.8 Å². The topological polar surface area (TPSA) is 94.8 Å². The number of hydrogen-bond acceptors (Lipinski definition) is 5. The Labute approximate surface area is 243 Å². The number of aliphatic hydroxyl groups excluding tert-OH is 1. The first-order valence-electron chi connectivity index (χ1n) is 14.7. The number of Topliss-reactive ketones (excluding diaryl/α,β-unsaturated/α-hetero) is 2. The van der Waals surface area contributed by atoms with Gasteiger partial charge in [-0.25, -0.2) is 0 Å². The van der Waals surface area contributed by atoms with Gasteiger partial charge in [0.15, 0.2) is 11.6 Å². The van der Waals surface area contributed by atoms with Gasteiger partial charge in [-0.1, -0.05) is 125 Å². The van der Waals surface area contributed by atoms with E-state index in [4.69, 9.17) is 0 Å². The molecule has 1 aromatic rings. The van der Waals surface area contributed by atoms with Crippen LogP contribution in [0.2, 0.25) is 0 Å². The van der Waals surface area contributed by atoms with Crippen LogP contribution in [-0.2, 0) is 0 Å². The Morgan fingerprint density at radius 2 is 1.34 bits per heavy atom. The van der Waals surface area contributed by atoms with Crippen molar-refractivity contribution in [2.75, 3.05) is 0 Å². The summed E-state index contributed by atoms with van der Waals surface area (Å²) in [5.41, 5.74) is -0.579. The molecule has 0 amide bonds. The number of benzene rings is 1. The smallest absolute Gasteiger partial charge is 0.177 e. The summed E-state index contributed by atoms with van der Waals surface area (Å²) in [6.45, 7) is 6.12. The minimum absolute atomic E-state index is 0.121. The third kappa shape index (κ3) is 8.80. The number of hydrogen-bond donors (Lipinski definition) is 3. The number of phenolic OH excluding ortho intramolecular Hbond substituents is 2. The van der Waals surface area contributed by atoms with Gasteiger partial charge in [0.1, 0.15) is 11.5 Å². The van der Waals surface area contributed by atoms with Gasteiger partial charge in [0.05, 0.1) is 22.6 Å². The Bertz CT molecular complexity index is 936. The molecule has 0 spiro atoms. The number of allylic oxidation sites excluding steroid dienone is 1. The largest absolute Gasteiger partial charge is 0.507 e. The van der Waals surface area contributed by atoms with Gasteiger partial charge in [0, 0.05) is 10.3 Å². The molecule has 0 bridgehead atoms. The van der Waals surface area contributed by atoms with Gasteiger partial charge in [-0.05, 0) is 38.8 Å². The van der Waals surface area contributed by atoms with Crippen LogP contribution >= 0.6 is 22.6 Å². The first kappa shape index (κ1) is 32.8. The van der Waals surface area contributed by atoms with Gasteiger partial charge in [-0.2, -0.15) is 0 Å². The summed E-state index contributed by atoms with van der Waals surface area (Å²) in [5, 5.41) is 32.1. The second-order valence-electron chi connectivity index (χ2n) is 11.4. The molecule has 6 heteroatoms. The van der Waals surface area contributed by atoms with Crippen molar-refractivity contribution in [1.29, 1.82) is 0 Å². The Balaban J connectivity index is 1.96. The van der Waals surface area contributed by atoms with Gasteiger partial charge < -0.3 is 15.3 Å². The zero-order valence-electron chi connectivity index (χ0n) is 23.7. The Morgan fingerprint density at radius 1 is 0.868 bits per heavy atom. The molecular weight excluding hydrogens is 591 g/mol. The number of fused-ring (bicyclic) bond motifs is 1. The van der Waals surface area contributed by atoms with Crippen LogP contribution in [0, 0.1) is 5.41 Å². The second kappa shape index (κ2) is 16.6. The molecule has 214 valence electrons. The third-order valence-electron chi connectivity index (χ3n) is 8.01. The maximum atomic E-state index is 13.9. The van der Waals surface area contributed by atoms with E-state index in [1.165, 1.54) is 76.3 Å². The molecule has 5 nitrogen and oxygen atoms in total. The molecule has 2 unspecified atom stereocenters. The number of carbonyl (C=O) groups is 2. The zero-order chi connectivity index (χ0) is 28.1. The van der Waals surface area contributed by atoms with Crippen LogP contribution in [0.3, 0.4) is 0 Å². The van der Waals surface area contributed by atoms with Crippen molar-refractivity contribution in [2.45, 2.75) is 134 Å². The van der Waals surface area contributed by atoms with Crippen LogP contribution in [0.5, 0.6) is 11.5 Å². The lowest BCUT2D eigenvalue weighted by Gasteiger charge is -2.43. The molecule has 1 aromatic carbocycles. The number of phenols is 2. The lowest BCUT2D eigenvalue weighted by Crippen LogP contribution is -2.53. The fourth-order valence-corrected chi connectivity index (χ4v) is 7.01. The highest BCUT2D eigenvalue weighted by Crippen LogP contribution is 2.50. The third-order valence-corrected chi connectivity index (χ3v) is 9.74. The molecule has 0 fully saturated rings. The summed E-state index contributed by atoms with van der Waals surface area (Å²) in [5.74, 6) is -1.47. The molecule has 1 aliphatic rings. The molecule has 2 rings (SSSR count). The molecule has 1 aliphatic carbocycles. The predicted octanol–water partition coefficient (Wildman–Crippen LogP) is 8.86. The monoisotopic (exact) mass is 640 g/mol. The Morgan fingerprint density at radius 3 is 1.84 bits per heavy atom. The molecule has 3 atom stereocenters. The lowest BCUT2D eigenvalue weighted by molar-refractivity contribution is 0.0180. The van der Waals surface area contributed by atoms with Crippen molar-refractivity contribution < 1.29 is 24.9 Å². The van der Waals surface area contributed by atoms with E-state index >= 15 is 0 Å². The maximum absolute atomic E-state index is 13.9. The van der Waals surface area contributed by atoms with E-state index in [1.807, 2.05) is 19.9 Å². The predicted molar refractivity (Wildman–Crippen MR) is 164 cm³/mol. The molecule has 0 saturated carbocycles. The highest BCUT2D eigenvalue weighted by atomic mass is 127. The van der Waals surface area contributed by atoms with E-state index in [1.54, 1.807) is 0 Å². The van der Waals surface area contributed by atoms with Gasteiger partial charge in [-0.15, -0.1) is 0 Å². The van der Waals surface area contributed by atoms with E-state index in [9.17, 15) is 24.9 Å². The minimum atomic E-state index is -1.33. The Hall–Kier alpha value is -1.41. The lowest BCUT2D eigenvalue weighted by atomic mass is 9.63. The quantitative estimate of drug-likeness (QED) is 0.0490.